The maximum absolute atomic E-state index is 11.8. The van der Waals surface area contributed by atoms with E-state index in [1.54, 1.807) is 18.2 Å². The molecular formula is C21H25NO3. The van der Waals surface area contributed by atoms with Gasteiger partial charge in [0, 0.05) is 24.7 Å². The van der Waals surface area contributed by atoms with Crippen LogP contribution in [0.25, 0.3) is 10.9 Å². The molecule has 132 valence electrons. The number of benzene rings is 2. The number of fused-ring (bicyclic) bond motifs is 1. The van der Waals surface area contributed by atoms with Crippen molar-refractivity contribution in [2.45, 2.75) is 26.2 Å². The molecule has 0 bridgehead atoms. The second-order valence-corrected chi connectivity index (χ2v) is 5.67. The third-order valence-corrected chi connectivity index (χ3v) is 4.19. The van der Waals surface area contributed by atoms with Crippen LogP contribution in [0, 0.1) is 0 Å². The van der Waals surface area contributed by atoms with Crippen molar-refractivity contribution in [2.75, 3.05) is 7.11 Å². The number of phenolic OH excluding ortho intramolecular Hbond substituents is 1. The first-order chi connectivity index (χ1) is 12.1. The fourth-order valence-corrected chi connectivity index (χ4v) is 2.92. The number of carbonyl (C=O) groups excluding carboxylic acids is 1. The molecule has 1 N–H and O–H groups in total. The summed E-state index contributed by atoms with van der Waals surface area (Å²) < 4.78 is 6.90. The molecule has 0 spiro atoms. The van der Waals surface area contributed by atoms with Gasteiger partial charge < -0.3 is 14.4 Å². The summed E-state index contributed by atoms with van der Waals surface area (Å²) in [4.78, 5) is 11.8. The summed E-state index contributed by atoms with van der Waals surface area (Å²) in [7, 11) is 3.39. The molecule has 4 nitrogen and oxygen atoms in total. The highest BCUT2D eigenvalue weighted by Gasteiger charge is 2.20. The van der Waals surface area contributed by atoms with E-state index >= 15 is 0 Å². The van der Waals surface area contributed by atoms with Crippen molar-refractivity contribution < 1.29 is 14.6 Å². The van der Waals surface area contributed by atoms with Crippen molar-refractivity contribution in [2.24, 2.45) is 7.05 Å². The van der Waals surface area contributed by atoms with Gasteiger partial charge in [-0.05, 0) is 40.8 Å². The van der Waals surface area contributed by atoms with Crippen molar-refractivity contribution >= 4 is 16.9 Å². The number of methoxy groups -OCH3 is 1. The van der Waals surface area contributed by atoms with Gasteiger partial charge >= 0.3 is 5.97 Å². The molecule has 0 aliphatic carbocycles. The molecule has 0 aliphatic heterocycles. The van der Waals surface area contributed by atoms with E-state index in [1.807, 2.05) is 39.2 Å². The average Bonchev–Trinajstić information content (AvgIpc) is 3.01. The number of nitrogens with zero attached hydrogens (tertiary/aromatic N) is 1. The average molecular weight is 339 g/mol. The molecule has 1 heterocycles. The number of phenols is 1. The summed E-state index contributed by atoms with van der Waals surface area (Å²) in [5.41, 5.74) is 3.02. The van der Waals surface area contributed by atoms with E-state index in [0.29, 0.717) is 0 Å². The molecule has 25 heavy (non-hydrogen) atoms. The van der Waals surface area contributed by atoms with E-state index in [-0.39, 0.29) is 24.1 Å². The molecule has 1 aromatic heterocycles. The Morgan fingerprint density at radius 3 is 2.52 bits per heavy atom. The van der Waals surface area contributed by atoms with Gasteiger partial charge in [-0.15, -0.1) is 0 Å². The Morgan fingerprint density at radius 1 is 1.12 bits per heavy atom. The Hall–Kier alpha value is -2.75. The monoisotopic (exact) mass is 339 g/mol. The van der Waals surface area contributed by atoms with Crippen LogP contribution in [0.2, 0.25) is 0 Å². The van der Waals surface area contributed by atoms with E-state index < -0.39 is 0 Å². The topological polar surface area (TPSA) is 51.5 Å². The first-order valence-corrected chi connectivity index (χ1v) is 8.49. The lowest BCUT2D eigenvalue weighted by Crippen LogP contribution is -2.10. The third kappa shape index (κ3) is 4.21. The van der Waals surface area contributed by atoms with Crippen LogP contribution in [-0.4, -0.2) is 22.8 Å². The molecule has 3 rings (SSSR count). The Labute approximate surface area is 148 Å². The number of aromatic nitrogens is 1. The molecule has 4 heteroatoms. The minimum atomic E-state index is -0.273. The Kier molecular flexibility index (Phi) is 6.23. The fourth-order valence-electron chi connectivity index (χ4n) is 2.92. The van der Waals surface area contributed by atoms with Gasteiger partial charge in [0.2, 0.25) is 0 Å². The predicted octanol–water partition coefficient (Wildman–Crippen LogP) is 4.61. The summed E-state index contributed by atoms with van der Waals surface area (Å²) in [5.74, 6) is -0.239. The highest BCUT2D eigenvalue weighted by Crippen LogP contribution is 2.32. The van der Waals surface area contributed by atoms with Gasteiger partial charge in [-0.1, -0.05) is 38.1 Å². The van der Waals surface area contributed by atoms with Crippen LogP contribution in [-0.2, 0) is 16.6 Å². The van der Waals surface area contributed by atoms with E-state index in [9.17, 15) is 9.90 Å². The summed E-state index contributed by atoms with van der Waals surface area (Å²) in [6.07, 6.45) is 2.24. The zero-order valence-corrected chi connectivity index (χ0v) is 15.2. The largest absolute Gasteiger partial charge is 0.508 e. The lowest BCUT2D eigenvalue weighted by atomic mass is 9.88. The normalized spacial score (nSPS) is 11.5. The van der Waals surface area contributed by atoms with Crippen molar-refractivity contribution in [3.05, 3.63) is 65.9 Å². The van der Waals surface area contributed by atoms with Gasteiger partial charge in [0.1, 0.15) is 5.75 Å². The molecule has 2 aromatic carbocycles. The molecule has 3 aromatic rings. The Bertz CT molecular complexity index is 851. The second kappa shape index (κ2) is 8.38. The van der Waals surface area contributed by atoms with E-state index in [1.165, 1.54) is 7.11 Å². The number of rotatable bonds is 4. The van der Waals surface area contributed by atoms with E-state index in [4.69, 9.17) is 4.74 Å². The van der Waals surface area contributed by atoms with Crippen LogP contribution < -0.4 is 0 Å². The number of ether oxygens (including phenoxy) is 1. The fraction of sp³-hybridized carbons (Fsp3) is 0.286. The van der Waals surface area contributed by atoms with Gasteiger partial charge in [0.05, 0.1) is 13.5 Å². The molecule has 0 aliphatic rings. The van der Waals surface area contributed by atoms with Crippen LogP contribution in [0.15, 0.2) is 54.7 Å². The Morgan fingerprint density at radius 2 is 1.84 bits per heavy atom. The smallest absolute Gasteiger partial charge is 0.306 e. The van der Waals surface area contributed by atoms with Gasteiger partial charge in [-0.25, -0.2) is 0 Å². The van der Waals surface area contributed by atoms with Crippen LogP contribution in [0.3, 0.4) is 0 Å². The van der Waals surface area contributed by atoms with E-state index in [0.717, 1.165) is 22.0 Å². The molecule has 0 amide bonds. The van der Waals surface area contributed by atoms with Crippen LogP contribution in [0.1, 0.15) is 37.3 Å². The Balaban J connectivity index is 0.00000109. The number of esters is 1. The molecule has 1 unspecified atom stereocenters. The highest BCUT2D eigenvalue weighted by atomic mass is 16.5. The van der Waals surface area contributed by atoms with Gasteiger partial charge in [0.15, 0.2) is 0 Å². The molecule has 1 atom stereocenters. The summed E-state index contributed by atoms with van der Waals surface area (Å²) >= 11 is 0. The molecule has 0 saturated carbocycles. The summed E-state index contributed by atoms with van der Waals surface area (Å²) in [5, 5.41) is 10.9. The summed E-state index contributed by atoms with van der Waals surface area (Å²) in [6.45, 7) is 4.00. The predicted molar refractivity (Wildman–Crippen MR) is 101 cm³/mol. The minimum absolute atomic E-state index is 0.158. The molecular weight excluding hydrogens is 314 g/mol. The van der Waals surface area contributed by atoms with Crippen LogP contribution in [0.5, 0.6) is 5.75 Å². The third-order valence-electron chi connectivity index (χ3n) is 4.19. The number of carbonyl (C=O) groups is 1. The lowest BCUT2D eigenvalue weighted by Gasteiger charge is -2.17. The maximum Gasteiger partial charge on any atom is 0.306 e. The van der Waals surface area contributed by atoms with Crippen LogP contribution in [0.4, 0.5) is 0 Å². The number of hydrogen-bond acceptors (Lipinski definition) is 3. The summed E-state index contributed by atoms with van der Waals surface area (Å²) in [6, 6.07) is 15.3. The van der Waals surface area contributed by atoms with Crippen LogP contribution >= 0.6 is 0 Å². The zero-order valence-electron chi connectivity index (χ0n) is 15.2. The number of aromatic hydroxyl groups is 1. The first kappa shape index (κ1) is 18.6. The maximum atomic E-state index is 11.8. The SMILES string of the molecule is CC.COC(=O)CC(c1cccc(O)c1)c1ccc2ccn(C)c2c1. The van der Waals surface area contributed by atoms with Gasteiger partial charge in [0.25, 0.3) is 0 Å². The van der Waals surface area contributed by atoms with Crippen molar-refractivity contribution in [1.82, 2.24) is 4.57 Å². The lowest BCUT2D eigenvalue weighted by molar-refractivity contribution is -0.140. The molecule has 0 radical (unpaired) electrons. The number of aryl methyl sites for hydroxylation is 1. The van der Waals surface area contributed by atoms with Crippen molar-refractivity contribution in [1.29, 1.82) is 0 Å². The molecule has 0 saturated heterocycles. The first-order valence-electron chi connectivity index (χ1n) is 8.49. The highest BCUT2D eigenvalue weighted by molar-refractivity contribution is 5.81. The standard InChI is InChI=1S/C19H19NO3.C2H6/c1-20-9-8-13-6-7-15(11-18(13)20)17(12-19(22)23-2)14-4-3-5-16(21)10-14;1-2/h3-11,17,21H,12H2,1-2H3;1-2H3. The quantitative estimate of drug-likeness (QED) is 0.707. The second-order valence-electron chi connectivity index (χ2n) is 5.67. The minimum Gasteiger partial charge on any atom is -0.508 e. The van der Waals surface area contributed by atoms with Crippen molar-refractivity contribution in [3.8, 4) is 5.75 Å². The zero-order chi connectivity index (χ0) is 18.4. The van der Waals surface area contributed by atoms with Gasteiger partial charge in [-0.2, -0.15) is 0 Å². The number of hydrogen-bond donors (Lipinski definition) is 1. The van der Waals surface area contributed by atoms with Crippen molar-refractivity contribution in [3.63, 3.8) is 0 Å². The van der Waals surface area contributed by atoms with E-state index in [2.05, 4.69) is 22.8 Å². The molecule has 0 fully saturated rings. The van der Waals surface area contributed by atoms with Gasteiger partial charge in [-0.3, -0.25) is 4.79 Å².